The van der Waals surface area contributed by atoms with Crippen molar-refractivity contribution in [2.45, 2.75) is 17.1 Å². The van der Waals surface area contributed by atoms with Gasteiger partial charge in [-0.3, -0.25) is 9.78 Å². The molecule has 3 aromatic rings. The van der Waals surface area contributed by atoms with Crippen molar-refractivity contribution in [2.24, 2.45) is 0 Å². The van der Waals surface area contributed by atoms with E-state index in [9.17, 15) is 13.2 Å². The fourth-order valence-electron chi connectivity index (χ4n) is 3.29. The van der Waals surface area contributed by atoms with Crippen LogP contribution in [0.4, 0.5) is 0 Å². The lowest BCUT2D eigenvalue weighted by Crippen LogP contribution is -2.32. The van der Waals surface area contributed by atoms with Crippen molar-refractivity contribution >= 4 is 15.7 Å². The van der Waals surface area contributed by atoms with E-state index in [1.807, 2.05) is 6.92 Å². The molecule has 1 N–H and O–H groups in total. The van der Waals surface area contributed by atoms with Gasteiger partial charge in [-0.2, -0.15) is 0 Å². The summed E-state index contributed by atoms with van der Waals surface area (Å²) in [7, 11) is -0.867. The minimum Gasteiger partial charge on any atom is -0.494 e. The molecule has 1 amide bonds. The highest BCUT2D eigenvalue weighted by Gasteiger charge is 2.30. The van der Waals surface area contributed by atoms with Crippen LogP contribution < -0.4 is 19.5 Å². The summed E-state index contributed by atoms with van der Waals surface area (Å²) in [6.07, 6.45) is 3.05. The number of carbonyl (C=O) groups excluding carboxylic acids is 1. The highest BCUT2D eigenvalue weighted by atomic mass is 32.2. The number of aromatic nitrogens is 1. The third-order valence-corrected chi connectivity index (χ3v) is 7.10. The van der Waals surface area contributed by atoms with Crippen molar-refractivity contribution in [2.75, 3.05) is 27.4 Å². The summed E-state index contributed by atoms with van der Waals surface area (Å²) in [5.74, 6) is 1.03. The highest BCUT2D eigenvalue weighted by molar-refractivity contribution is 7.91. The zero-order valence-electron chi connectivity index (χ0n) is 18.6. The Morgan fingerprint density at radius 2 is 1.76 bits per heavy atom. The molecular formula is C24H26N2O6S. The van der Waals surface area contributed by atoms with E-state index in [1.165, 1.54) is 38.6 Å². The third-order valence-electron chi connectivity index (χ3n) is 4.99. The fourth-order valence-corrected chi connectivity index (χ4v) is 4.94. The Morgan fingerprint density at radius 1 is 1.03 bits per heavy atom. The number of carbonyl (C=O) groups is 1. The molecule has 0 aliphatic heterocycles. The van der Waals surface area contributed by atoms with E-state index in [1.54, 1.807) is 42.6 Å². The van der Waals surface area contributed by atoms with Crippen LogP contribution in [0.2, 0.25) is 0 Å². The van der Waals surface area contributed by atoms with Gasteiger partial charge in [0.2, 0.25) is 0 Å². The summed E-state index contributed by atoms with van der Waals surface area (Å²) in [4.78, 5) is 17.0. The first-order valence-electron chi connectivity index (χ1n) is 10.3. The quantitative estimate of drug-likeness (QED) is 0.484. The van der Waals surface area contributed by atoms with Crippen LogP contribution in [0.25, 0.3) is 0 Å². The van der Waals surface area contributed by atoms with E-state index in [4.69, 9.17) is 14.2 Å². The number of ether oxygens (including phenoxy) is 3. The Labute approximate surface area is 193 Å². The predicted molar refractivity (Wildman–Crippen MR) is 124 cm³/mol. The number of methoxy groups -OCH3 is 2. The van der Waals surface area contributed by atoms with Crippen molar-refractivity contribution in [3.05, 3.63) is 78.1 Å². The van der Waals surface area contributed by atoms with E-state index in [0.717, 1.165) is 0 Å². The third kappa shape index (κ3) is 5.61. The normalized spacial score (nSPS) is 12.0. The Kier molecular flexibility index (Phi) is 7.89. The van der Waals surface area contributed by atoms with Gasteiger partial charge in [0.05, 0.1) is 25.7 Å². The van der Waals surface area contributed by atoms with Gasteiger partial charge in [-0.1, -0.05) is 6.07 Å². The molecule has 0 aliphatic carbocycles. The largest absolute Gasteiger partial charge is 0.494 e. The van der Waals surface area contributed by atoms with Crippen molar-refractivity contribution in [1.29, 1.82) is 0 Å². The molecule has 0 saturated heterocycles. The molecule has 0 aliphatic rings. The monoisotopic (exact) mass is 470 g/mol. The van der Waals surface area contributed by atoms with Crippen LogP contribution in [0.15, 0.2) is 71.9 Å². The van der Waals surface area contributed by atoms with Crippen molar-refractivity contribution < 1.29 is 27.4 Å². The zero-order chi connectivity index (χ0) is 23.8. The smallest absolute Gasteiger partial charge is 0.251 e. The average molecular weight is 471 g/mol. The number of rotatable bonds is 10. The average Bonchev–Trinajstić information content (AvgIpc) is 2.84. The van der Waals surface area contributed by atoms with Crippen molar-refractivity contribution in [3.63, 3.8) is 0 Å². The van der Waals surface area contributed by atoms with Crippen LogP contribution in [-0.4, -0.2) is 46.7 Å². The molecule has 0 fully saturated rings. The van der Waals surface area contributed by atoms with Gasteiger partial charge in [0.1, 0.15) is 11.0 Å². The summed E-state index contributed by atoms with van der Waals surface area (Å²) >= 11 is 0. The number of nitrogens with one attached hydrogen (secondary N) is 1. The molecule has 2 aromatic carbocycles. The molecule has 33 heavy (non-hydrogen) atoms. The van der Waals surface area contributed by atoms with Crippen molar-refractivity contribution in [3.8, 4) is 17.2 Å². The van der Waals surface area contributed by atoms with Gasteiger partial charge in [-0.25, -0.2) is 8.42 Å². The number of benzene rings is 2. The zero-order valence-corrected chi connectivity index (χ0v) is 19.5. The van der Waals surface area contributed by atoms with E-state index in [0.29, 0.717) is 35.0 Å². The molecule has 8 nitrogen and oxygen atoms in total. The second-order valence-electron chi connectivity index (χ2n) is 7.00. The second kappa shape index (κ2) is 10.8. The minimum absolute atomic E-state index is 0.125. The predicted octanol–water partition coefficient (Wildman–Crippen LogP) is 3.44. The second-order valence-corrected chi connectivity index (χ2v) is 9.13. The summed E-state index contributed by atoms with van der Waals surface area (Å²) < 4.78 is 42.8. The molecular weight excluding hydrogens is 444 g/mol. The van der Waals surface area contributed by atoms with Gasteiger partial charge in [-0.05, 0) is 61.0 Å². The number of amides is 1. The fraction of sp³-hybridized carbons (Fsp3) is 0.250. The van der Waals surface area contributed by atoms with Crippen LogP contribution >= 0.6 is 0 Å². The molecule has 0 bridgehead atoms. The van der Waals surface area contributed by atoms with Gasteiger partial charge in [-0.15, -0.1) is 0 Å². The maximum atomic E-state index is 13.5. The molecule has 1 unspecified atom stereocenters. The summed E-state index contributed by atoms with van der Waals surface area (Å²) in [6, 6.07) is 14.3. The van der Waals surface area contributed by atoms with E-state index in [-0.39, 0.29) is 11.4 Å². The molecule has 1 heterocycles. The van der Waals surface area contributed by atoms with Crippen LogP contribution in [0.5, 0.6) is 17.2 Å². The molecule has 0 radical (unpaired) electrons. The maximum absolute atomic E-state index is 13.5. The van der Waals surface area contributed by atoms with Gasteiger partial charge in [0.15, 0.2) is 21.3 Å². The Hall–Kier alpha value is -3.59. The summed E-state index contributed by atoms with van der Waals surface area (Å²) in [6.45, 7) is 2.19. The number of hydrogen-bond acceptors (Lipinski definition) is 7. The first-order chi connectivity index (χ1) is 15.9. The highest BCUT2D eigenvalue weighted by Crippen LogP contribution is 2.30. The summed E-state index contributed by atoms with van der Waals surface area (Å²) in [5, 5.41) is 1.69. The lowest BCUT2D eigenvalue weighted by Gasteiger charge is -2.19. The van der Waals surface area contributed by atoms with Crippen molar-refractivity contribution in [1.82, 2.24) is 10.3 Å². The van der Waals surface area contributed by atoms with Gasteiger partial charge in [0, 0.05) is 24.5 Å². The van der Waals surface area contributed by atoms with Crippen LogP contribution in [-0.2, 0) is 9.84 Å². The van der Waals surface area contributed by atoms with Gasteiger partial charge < -0.3 is 19.5 Å². The molecule has 1 aromatic heterocycles. The van der Waals surface area contributed by atoms with Crippen LogP contribution in [0.1, 0.15) is 28.1 Å². The molecule has 9 heteroatoms. The maximum Gasteiger partial charge on any atom is 0.251 e. The Morgan fingerprint density at radius 3 is 2.36 bits per heavy atom. The SMILES string of the molecule is CCOc1ccc(S(=O)(=O)C(CNC(=O)c2ccc(OC)c(OC)c2)c2cccnc2)cc1. The van der Waals surface area contributed by atoms with E-state index < -0.39 is 21.0 Å². The Balaban J connectivity index is 1.87. The number of sulfone groups is 1. The first-order valence-corrected chi connectivity index (χ1v) is 11.8. The molecule has 174 valence electrons. The Bertz CT molecular complexity index is 1180. The van der Waals surface area contributed by atoms with Gasteiger partial charge in [0.25, 0.3) is 5.91 Å². The number of pyridine rings is 1. The van der Waals surface area contributed by atoms with E-state index >= 15 is 0 Å². The van der Waals surface area contributed by atoms with Gasteiger partial charge >= 0.3 is 0 Å². The first kappa shape index (κ1) is 24.1. The number of nitrogens with zero attached hydrogens (tertiary/aromatic N) is 1. The molecule has 3 rings (SSSR count). The van der Waals surface area contributed by atoms with Crippen LogP contribution in [0.3, 0.4) is 0 Å². The lowest BCUT2D eigenvalue weighted by atomic mass is 10.1. The molecule has 1 atom stereocenters. The minimum atomic E-state index is -3.84. The molecule has 0 saturated carbocycles. The summed E-state index contributed by atoms with van der Waals surface area (Å²) in [5.41, 5.74) is 0.787. The standard InChI is InChI=1S/C24H26N2O6S/c1-4-32-19-8-10-20(11-9-19)33(28,29)23(18-6-5-13-25-15-18)16-26-24(27)17-7-12-21(30-2)22(14-17)31-3/h5-15,23H,4,16H2,1-3H3,(H,26,27). The number of hydrogen-bond donors (Lipinski definition) is 1. The van der Waals surface area contributed by atoms with Crippen LogP contribution in [0, 0.1) is 0 Å². The topological polar surface area (TPSA) is 104 Å². The molecule has 0 spiro atoms. The lowest BCUT2D eigenvalue weighted by molar-refractivity contribution is 0.0953. The van der Waals surface area contributed by atoms with E-state index in [2.05, 4.69) is 10.3 Å².